The van der Waals surface area contributed by atoms with Gasteiger partial charge < -0.3 is 9.47 Å². The minimum atomic E-state index is -4.06. The number of halogens is 4. The maximum absolute atomic E-state index is 12.1. The van der Waals surface area contributed by atoms with Gasteiger partial charge in [0.2, 0.25) is 0 Å². The van der Waals surface area contributed by atoms with Crippen molar-refractivity contribution in [1.29, 1.82) is 0 Å². The lowest BCUT2D eigenvalue weighted by atomic mass is 10.4. The number of alkyl halides is 4. The third-order valence-electron chi connectivity index (χ3n) is 1.05. The van der Waals surface area contributed by atoms with Crippen LogP contribution in [0.25, 0.3) is 0 Å². The van der Waals surface area contributed by atoms with Crippen LogP contribution in [0.1, 0.15) is 0 Å². The molecule has 0 aromatic carbocycles. The van der Waals surface area contributed by atoms with Crippen LogP contribution in [0, 0.1) is 0 Å². The van der Waals surface area contributed by atoms with E-state index >= 15 is 0 Å². The second kappa shape index (κ2) is 5.31. The predicted molar refractivity (Wildman–Crippen MR) is 33.6 cm³/mol. The first-order valence-electron chi connectivity index (χ1n) is 3.23. The third kappa shape index (κ3) is 4.50. The molecule has 2 nitrogen and oxygen atoms in total. The summed E-state index contributed by atoms with van der Waals surface area (Å²) >= 11 is 0. The Morgan fingerprint density at radius 1 is 1.25 bits per heavy atom. The maximum atomic E-state index is 12.1. The Kier molecular flexibility index (Phi) is 5.16. The highest BCUT2D eigenvalue weighted by molar-refractivity contribution is 4.67. The van der Waals surface area contributed by atoms with E-state index < -0.39 is 19.0 Å². The van der Waals surface area contributed by atoms with Gasteiger partial charge in [0.15, 0.2) is 0 Å². The van der Waals surface area contributed by atoms with E-state index in [4.69, 9.17) is 0 Å². The molecule has 0 aromatic heterocycles. The molecule has 6 heteroatoms. The highest BCUT2D eigenvalue weighted by Gasteiger charge is 2.40. The Bertz CT molecular complexity index is 118. The van der Waals surface area contributed by atoms with Gasteiger partial charge in [-0.2, -0.15) is 8.78 Å². The highest BCUT2D eigenvalue weighted by atomic mass is 19.3. The molecule has 0 aliphatic carbocycles. The molecule has 0 fully saturated rings. The lowest BCUT2D eigenvalue weighted by molar-refractivity contribution is -0.167. The minimum absolute atomic E-state index is 0.110. The highest BCUT2D eigenvalue weighted by Crippen LogP contribution is 2.22. The number of hydrogen-bond acceptors (Lipinski definition) is 2. The summed E-state index contributed by atoms with van der Waals surface area (Å²) in [5.74, 6) is -4.06. The monoisotopic (exact) mass is 190 g/mol. The van der Waals surface area contributed by atoms with Crippen LogP contribution in [-0.4, -0.2) is 39.3 Å². The van der Waals surface area contributed by atoms with Gasteiger partial charge in [0.1, 0.15) is 6.61 Å². The summed E-state index contributed by atoms with van der Waals surface area (Å²) in [5, 5.41) is 0. The summed E-state index contributed by atoms with van der Waals surface area (Å²) in [6.45, 7) is -1.27. The molecular weight excluding hydrogens is 180 g/mol. The fourth-order valence-electron chi connectivity index (χ4n) is 0.413. The molecule has 0 amide bonds. The summed E-state index contributed by atoms with van der Waals surface area (Å²) in [6.07, 6.45) is -3.68. The molecule has 0 heterocycles. The number of rotatable bonds is 6. The molecule has 74 valence electrons. The molecule has 0 saturated carbocycles. The van der Waals surface area contributed by atoms with Crippen molar-refractivity contribution in [2.45, 2.75) is 12.3 Å². The van der Waals surface area contributed by atoms with E-state index in [1.807, 2.05) is 0 Å². The van der Waals surface area contributed by atoms with Gasteiger partial charge in [-0.25, -0.2) is 8.78 Å². The smallest absolute Gasteiger partial charge is 0.330 e. The van der Waals surface area contributed by atoms with Crippen molar-refractivity contribution in [1.82, 2.24) is 0 Å². The second-order valence-corrected chi connectivity index (χ2v) is 2.11. The van der Waals surface area contributed by atoms with Crippen LogP contribution in [0.5, 0.6) is 0 Å². The Balaban J connectivity index is 3.47. The largest absolute Gasteiger partial charge is 0.382 e. The quantitative estimate of drug-likeness (QED) is 0.467. The molecule has 0 aromatic rings. The number of methoxy groups -OCH3 is 1. The molecule has 0 N–H and O–H groups in total. The normalized spacial score (nSPS) is 12.5. The average molecular weight is 190 g/mol. The van der Waals surface area contributed by atoms with E-state index in [1.165, 1.54) is 7.11 Å². The zero-order valence-electron chi connectivity index (χ0n) is 6.53. The summed E-state index contributed by atoms with van der Waals surface area (Å²) in [6, 6.07) is 0. The first-order chi connectivity index (χ1) is 5.50. The van der Waals surface area contributed by atoms with E-state index in [9.17, 15) is 17.6 Å². The SMILES string of the molecule is COCCOCC(F)(F)C(F)F. The van der Waals surface area contributed by atoms with Gasteiger partial charge in [-0.1, -0.05) is 0 Å². The molecule has 0 spiro atoms. The first kappa shape index (κ1) is 11.6. The molecule has 0 bridgehead atoms. The summed E-state index contributed by atoms with van der Waals surface area (Å²) in [5.41, 5.74) is 0. The van der Waals surface area contributed by atoms with Crippen LogP contribution in [-0.2, 0) is 9.47 Å². The molecule has 0 atom stereocenters. The van der Waals surface area contributed by atoms with E-state index in [0.717, 1.165) is 0 Å². The lowest BCUT2D eigenvalue weighted by Gasteiger charge is -2.14. The zero-order chi connectivity index (χ0) is 9.61. The fraction of sp³-hybridized carbons (Fsp3) is 1.00. The van der Waals surface area contributed by atoms with E-state index in [-0.39, 0.29) is 13.2 Å². The molecule has 0 unspecified atom stereocenters. The van der Waals surface area contributed by atoms with Crippen molar-refractivity contribution in [2.24, 2.45) is 0 Å². The molecule has 0 rings (SSSR count). The van der Waals surface area contributed by atoms with Crippen LogP contribution in [0.3, 0.4) is 0 Å². The van der Waals surface area contributed by atoms with E-state index in [1.54, 1.807) is 0 Å². The Morgan fingerprint density at radius 3 is 2.25 bits per heavy atom. The van der Waals surface area contributed by atoms with Crippen LogP contribution >= 0.6 is 0 Å². The Morgan fingerprint density at radius 2 is 1.83 bits per heavy atom. The molecule has 0 aliphatic heterocycles. The van der Waals surface area contributed by atoms with Crippen molar-refractivity contribution < 1.29 is 27.0 Å². The van der Waals surface area contributed by atoms with Crippen molar-refractivity contribution in [3.63, 3.8) is 0 Å². The van der Waals surface area contributed by atoms with Crippen LogP contribution < -0.4 is 0 Å². The maximum Gasteiger partial charge on any atom is 0.330 e. The van der Waals surface area contributed by atoms with Crippen LogP contribution in [0.2, 0.25) is 0 Å². The van der Waals surface area contributed by atoms with Crippen molar-refractivity contribution in [3.05, 3.63) is 0 Å². The van der Waals surface area contributed by atoms with Gasteiger partial charge >= 0.3 is 12.3 Å². The second-order valence-electron chi connectivity index (χ2n) is 2.11. The van der Waals surface area contributed by atoms with Crippen LogP contribution in [0.15, 0.2) is 0 Å². The first-order valence-corrected chi connectivity index (χ1v) is 3.23. The van der Waals surface area contributed by atoms with Crippen molar-refractivity contribution in [2.75, 3.05) is 26.9 Å². The molecule has 0 aliphatic rings. The number of ether oxygens (including phenoxy) is 2. The van der Waals surface area contributed by atoms with Gasteiger partial charge in [-0.05, 0) is 0 Å². The predicted octanol–water partition coefficient (Wildman–Crippen LogP) is 1.55. The van der Waals surface area contributed by atoms with Gasteiger partial charge in [0.25, 0.3) is 0 Å². The Hall–Kier alpha value is -0.360. The lowest BCUT2D eigenvalue weighted by Crippen LogP contribution is -2.32. The Labute approximate surface area is 67.5 Å². The van der Waals surface area contributed by atoms with Crippen LogP contribution in [0.4, 0.5) is 17.6 Å². The summed E-state index contributed by atoms with van der Waals surface area (Å²) < 4.78 is 55.7. The molecule has 0 radical (unpaired) electrons. The molecule has 0 saturated heterocycles. The topological polar surface area (TPSA) is 18.5 Å². The van der Waals surface area contributed by atoms with E-state index in [0.29, 0.717) is 0 Å². The van der Waals surface area contributed by atoms with Gasteiger partial charge in [-0.15, -0.1) is 0 Å². The summed E-state index contributed by atoms with van der Waals surface area (Å²) in [7, 11) is 1.36. The zero-order valence-corrected chi connectivity index (χ0v) is 6.53. The summed E-state index contributed by atoms with van der Waals surface area (Å²) in [4.78, 5) is 0. The van der Waals surface area contributed by atoms with Crippen molar-refractivity contribution in [3.8, 4) is 0 Å². The van der Waals surface area contributed by atoms with Crippen molar-refractivity contribution >= 4 is 0 Å². The minimum Gasteiger partial charge on any atom is -0.382 e. The molecular formula is C6H10F4O2. The number of hydrogen-bond donors (Lipinski definition) is 0. The van der Waals surface area contributed by atoms with Gasteiger partial charge in [-0.3, -0.25) is 0 Å². The molecule has 12 heavy (non-hydrogen) atoms. The third-order valence-corrected chi connectivity index (χ3v) is 1.05. The average Bonchev–Trinajstić information content (AvgIpc) is 1.98. The van der Waals surface area contributed by atoms with Gasteiger partial charge in [0.05, 0.1) is 13.2 Å². The fourth-order valence-corrected chi connectivity index (χ4v) is 0.413. The van der Waals surface area contributed by atoms with E-state index in [2.05, 4.69) is 9.47 Å². The van der Waals surface area contributed by atoms with Gasteiger partial charge in [0, 0.05) is 7.11 Å². The standard InChI is InChI=1S/C6H10F4O2/c1-11-2-3-12-4-6(9,10)5(7)8/h5H,2-4H2,1H3.